The Labute approximate surface area is 279 Å². The maximum atomic E-state index is 13.6. The third-order valence-corrected chi connectivity index (χ3v) is 8.98. The number of nitrogens with zero attached hydrogens (tertiary/aromatic N) is 3. The van der Waals surface area contributed by atoms with Crippen LogP contribution in [0, 0.1) is 0 Å². The molecule has 1 aliphatic rings. The van der Waals surface area contributed by atoms with Crippen LogP contribution in [-0.4, -0.2) is 43.1 Å². The minimum atomic E-state index is -3.85. The molecule has 3 N–H and O–H groups in total. The predicted octanol–water partition coefficient (Wildman–Crippen LogP) is 5.98. The first-order chi connectivity index (χ1) is 21.5. The second-order valence-electron chi connectivity index (χ2n) is 9.35. The van der Waals surface area contributed by atoms with Gasteiger partial charge in [0.05, 0.1) is 28.8 Å². The first-order valence-electron chi connectivity index (χ1n) is 13.0. The van der Waals surface area contributed by atoms with E-state index in [2.05, 4.69) is 47.4 Å². The number of halogens is 2. The van der Waals surface area contributed by atoms with Crippen LogP contribution in [0.5, 0.6) is 5.75 Å². The van der Waals surface area contributed by atoms with Gasteiger partial charge in [-0.1, -0.05) is 44.0 Å². The molecule has 11 nitrogen and oxygen atoms in total. The zero-order valence-electron chi connectivity index (χ0n) is 23.1. The fourth-order valence-electron chi connectivity index (χ4n) is 3.99. The summed E-state index contributed by atoms with van der Waals surface area (Å²) in [5, 5.41) is 16.7. The van der Waals surface area contributed by atoms with Crippen LogP contribution in [0.4, 0.5) is 5.69 Å². The topological polar surface area (TPSA) is 157 Å². The van der Waals surface area contributed by atoms with Crippen molar-refractivity contribution in [2.75, 3.05) is 11.9 Å². The van der Waals surface area contributed by atoms with Crippen LogP contribution in [0.3, 0.4) is 0 Å². The standard InChI is InChI=1S/C30H23Br2N5O6S2/c31-21-4-1-3-19(13-21)16-34-36-30-37(17-24-5-2-12-42-24)29(39)27(44-30)15-20-14-22(32)6-11-26(20)43-18-28(38)35-23-7-9-25(10-8-23)45(33,40)41/h1-16H,17-18H2,(H,35,38)(H2,33,40,41)/b27-15-,34-16-,36-30+. The number of sulfonamides is 1. The summed E-state index contributed by atoms with van der Waals surface area (Å²) in [6, 6.07) is 21.7. The van der Waals surface area contributed by atoms with Crippen molar-refractivity contribution in [3.05, 3.63) is 116 Å². The number of anilines is 1. The lowest BCUT2D eigenvalue weighted by atomic mass is 10.2. The first kappa shape index (κ1) is 32.4. The summed E-state index contributed by atoms with van der Waals surface area (Å²) in [5.74, 6) is 0.146. The fraction of sp³-hybridized carbons (Fsp3) is 0.0667. The molecule has 0 spiro atoms. The zero-order valence-corrected chi connectivity index (χ0v) is 27.9. The largest absolute Gasteiger partial charge is 0.483 e. The van der Waals surface area contributed by atoms with E-state index in [0.29, 0.717) is 32.8 Å². The van der Waals surface area contributed by atoms with E-state index in [4.69, 9.17) is 14.3 Å². The van der Waals surface area contributed by atoms with E-state index in [1.165, 1.54) is 35.4 Å². The highest BCUT2D eigenvalue weighted by Crippen LogP contribution is 2.36. The summed E-state index contributed by atoms with van der Waals surface area (Å²) in [4.78, 5) is 27.9. The van der Waals surface area contributed by atoms with Crippen LogP contribution in [0.25, 0.3) is 6.08 Å². The van der Waals surface area contributed by atoms with Gasteiger partial charge in [-0.15, -0.1) is 5.10 Å². The van der Waals surface area contributed by atoms with E-state index in [9.17, 15) is 18.0 Å². The molecule has 1 saturated heterocycles. The third kappa shape index (κ3) is 8.79. The maximum absolute atomic E-state index is 13.6. The molecule has 2 amide bonds. The van der Waals surface area contributed by atoms with Crippen LogP contribution in [0.2, 0.25) is 0 Å². The molecule has 0 saturated carbocycles. The third-order valence-electron chi connectivity index (χ3n) is 6.06. The number of carbonyl (C=O) groups is 2. The molecule has 0 unspecified atom stereocenters. The molecule has 15 heteroatoms. The molecule has 45 heavy (non-hydrogen) atoms. The van der Waals surface area contributed by atoms with Gasteiger partial charge in [-0.25, -0.2) is 13.6 Å². The van der Waals surface area contributed by atoms with Crippen LogP contribution >= 0.6 is 43.6 Å². The van der Waals surface area contributed by atoms with Crippen molar-refractivity contribution < 1.29 is 27.2 Å². The quantitative estimate of drug-likeness (QED) is 0.114. The van der Waals surface area contributed by atoms with Gasteiger partial charge in [0.25, 0.3) is 11.8 Å². The van der Waals surface area contributed by atoms with Crippen molar-refractivity contribution >= 4 is 88.6 Å². The van der Waals surface area contributed by atoms with E-state index < -0.39 is 15.9 Å². The molecular weight excluding hydrogens is 750 g/mol. The Balaban J connectivity index is 1.34. The number of nitrogens with one attached hydrogen (secondary N) is 1. The Morgan fingerprint density at radius 1 is 1.04 bits per heavy atom. The van der Waals surface area contributed by atoms with Gasteiger partial charge in [-0.05, 0) is 90.1 Å². The lowest BCUT2D eigenvalue weighted by molar-refractivity contribution is -0.122. The second kappa shape index (κ2) is 14.4. The van der Waals surface area contributed by atoms with Gasteiger partial charge in [-0.3, -0.25) is 14.5 Å². The Morgan fingerprint density at radius 3 is 2.53 bits per heavy atom. The molecule has 1 aromatic heterocycles. The average molecular weight is 773 g/mol. The number of carbonyl (C=O) groups excluding carboxylic acids is 2. The summed E-state index contributed by atoms with van der Waals surface area (Å²) < 4.78 is 35.8. The number of hydrogen-bond donors (Lipinski definition) is 2. The summed E-state index contributed by atoms with van der Waals surface area (Å²) in [6.45, 7) is -0.195. The number of amides is 2. The van der Waals surface area contributed by atoms with Crippen LogP contribution < -0.4 is 15.2 Å². The lowest BCUT2D eigenvalue weighted by Crippen LogP contribution is -2.28. The zero-order chi connectivity index (χ0) is 32.0. The van der Waals surface area contributed by atoms with Crippen LogP contribution in [0.1, 0.15) is 16.9 Å². The van der Waals surface area contributed by atoms with Crippen LogP contribution in [-0.2, 0) is 26.2 Å². The van der Waals surface area contributed by atoms with Gasteiger partial charge in [-0.2, -0.15) is 5.10 Å². The average Bonchev–Trinajstić information content (AvgIpc) is 3.61. The van der Waals surface area contributed by atoms with Gasteiger partial charge >= 0.3 is 0 Å². The minimum Gasteiger partial charge on any atom is -0.483 e. The van der Waals surface area contributed by atoms with E-state index in [1.807, 2.05) is 24.3 Å². The molecule has 0 atom stereocenters. The summed E-state index contributed by atoms with van der Waals surface area (Å²) in [7, 11) is -3.85. The number of ether oxygens (including phenoxy) is 1. The SMILES string of the molecule is NS(=O)(=O)c1ccc(NC(=O)COc2ccc(Br)cc2/C=C2\S/C(=N/N=C\c3cccc(Br)c3)N(Cc3ccco3)C2=O)cc1. The molecule has 0 radical (unpaired) electrons. The van der Waals surface area contributed by atoms with Crippen molar-refractivity contribution in [2.45, 2.75) is 11.4 Å². The van der Waals surface area contributed by atoms with Gasteiger partial charge in [0.2, 0.25) is 10.0 Å². The fourth-order valence-corrected chi connectivity index (χ4v) is 6.22. The monoisotopic (exact) mass is 771 g/mol. The predicted molar refractivity (Wildman–Crippen MR) is 180 cm³/mol. The van der Waals surface area contributed by atoms with Gasteiger partial charge < -0.3 is 14.5 Å². The Morgan fingerprint density at radius 2 is 1.82 bits per heavy atom. The van der Waals surface area contributed by atoms with Crippen molar-refractivity contribution in [2.24, 2.45) is 15.3 Å². The number of primary sulfonamides is 1. The molecule has 4 aromatic rings. The molecular formula is C30H23Br2N5O6S2. The Hall–Kier alpha value is -4.02. The summed E-state index contributed by atoms with van der Waals surface area (Å²) in [5.41, 5.74) is 1.74. The number of furan rings is 1. The van der Waals surface area contributed by atoms with Gasteiger partial charge in [0.1, 0.15) is 11.5 Å². The van der Waals surface area contributed by atoms with Crippen LogP contribution in [0.15, 0.2) is 118 Å². The highest BCUT2D eigenvalue weighted by Gasteiger charge is 2.34. The number of benzene rings is 3. The molecule has 2 heterocycles. The molecule has 1 fully saturated rings. The van der Waals surface area contributed by atoms with E-state index in [1.54, 1.807) is 42.6 Å². The molecule has 1 aliphatic heterocycles. The Bertz CT molecular complexity index is 1930. The summed E-state index contributed by atoms with van der Waals surface area (Å²) >= 11 is 8.03. The number of nitrogens with two attached hydrogens (primary N) is 1. The van der Waals surface area contributed by atoms with Gasteiger partial charge in [0, 0.05) is 20.2 Å². The van der Waals surface area contributed by atoms with E-state index in [-0.39, 0.29) is 24.0 Å². The smallest absolute Gasteiger partial charge is 0.267 e. The highest BCUT2D eigenvalue weighted by molar-refractivity contribution is 9.10. The second-order valence-corrected chi connectivity index (χ2v) is 13.8. The van der Waals surface area contributed by atoms with Crippen molar-refractivity contribution in [1.82, 2.24) is 4.90 Å². The number of amidine groups is 1. The normalized spacial score (nSPS) is 15.4. The van der Waals surface area contributed by atoms with Crippen molar-refractivity contribution in [3.63, 3.8) is 0 Å². The highest BCUT2D eigenvalue weighted by atomic mass is 79.9. The molecule has 3 aromatic carbocycles. The van der Waals surface area contributed by atoms with E-state index in [0.717, 1.165) is 26.3 Å². The van der Waals surface area contributed by atoms with E-state index >= 15 is 0 Å². The molecule has 230 valence electrons. The first-order valence-corrected chi connectivity index (χ1v) is 17.0. The van der Waals surface area contributed by atoms with Crippen molar-refractivity contribution in [1.29, 1.82) is 0 Å². The Kier molecular flexibility index (Phi) is 10.4. The lowest BCUT2D eigenvalue weighted by Gasteiger charge is -2.13. The molecule has 5 rings (SSSR count). The molecule has 0 bridgehead atoms. The number of thioether (sulfide) groups is 1. The number of hydrogen-bond acceptors (Lipinski definition) is 9. The van der Waals surface area contributed by atoms with Gasteiger partial charge in [0.15, 0.2) is 11.8 Å². The maximum Gasteiger partial charge on any atom is 0.267 e. The number of rotatable bonds is 10. The summed E-state index contributed by atoms with van der Waals surface area (Å²) in [6.07, 6.45) is 4.78. The van der Waals surface area contributed by atoms with Crippen molar-refractivity contribution in [3.8, 4) is 5.75 Å². The molecule has 0 aliphatic carbocycles. The minimum absolute atomic E-state index is 0.0733.